The van der Waals surface area contributed by atoms with Crippen molar-refractivity contribution >= 4 is 35.4 Å². The molecule has 1 aromatic carbocycles. The Morgan fingerprint density at radius 2 is 1.78 bits per heavy atom. The number of benzene rings is 1. The highest BCUT2D eigenvalue weighted by molar-refractivity contribution is 6.62. The quantitative estimate of drug-likeness (QED) is 0.819. The molecule has 1 aromatic heterocycles. The summed E-state index contributed by atoms with van der Waals surface area (Å²) in [5.41, 5.74) is 0.408. The first-order valence-corrected chi connectivity index (χ1v) is 9.11. The van der Waals surface area contributed by atoms with Gasteiger partial charge in [0.2, 0.25) is 0 Å². The molecule has 0 bridgehead atoms. The van der Waals surface area contributed by atoms with Gasteiger partial charge in [-0.05, 0) is 66.1 Å². The molecule has 7 nitrogen and oxygen atoms in total. The van der Waals surface area contributed by atoms with Crippen molar-refractivity contribution in [1.29, 1.82) is 0 Å². The largest absolute Gasteiger partial charge is 0.494 e. The van der Waals surface area contributed by atoms with Gasteiger partial charge in [0.15, 0.2) is 5.82 Å². The fourth-order valence-corrected chi connectivity index (χ4v) is 2.89. The zero-order valence-corrected chi connectivity index (χ0v) is 17.3. The van der Waals surface area contributed by atoms with Gasteiger partial charge in [-0.1, -0.05) is 6.07 Å². The minimum atomic E-state index is -0.571. The highest BCUT2D eigenvalue weighted by atomic mass is 16.7. The Bertz CT molecular complexity index is 867. The summed E-state index contributed by atoms with van der Waals surface area (Å²) in [6, 6.07) is 5.83. The summed E-state index contributed by atoms with van der Waals surface area (Å²) in [5, 5.41) is 7.95. The van der Waals surface area contributed by atoms with Crippen LogP contribution >= 0.6 is 0 Å². The molecule has 1 saturated heterocycles. The van der Waals surface area contributed by atoms with E-state index < -0.39 is 30.0 Å². The summed E-state index contributed by atoms with van der Waals surface area (Å²) in [7, 11) is 1.38. The molecule has 0 radical (unpaired) electrons. The molecule has 1 fully saturated rings. The predicted octanol–water partition coefficient (Wildman–Crippen LogP) is 3.22. The second-order valence-corrected chi connectivity index (χ2v) is 8.96. The Morgan fingerprint density at radius 1 is 1.19 bits per heavy atom. The van der Waals surface area contributed by atoms with Crippen LogP contribution in [0.5, 0.6) is 0 Å². The van der Waals surface area contributed by atoms with E-state index in [9.17, 15) is 4.79 Å². The molecule has 146 valence electrons. The third-order valence-corrected chi connectivity index (χ3v) is 5.02. The van der Waals surface area contributed by atoms with Crippen LogP contribution in [-0.4, -0.2) is 39.8 Å². The molecule has 1 aliphatic rings. The fraction of sp³-hybridized carbons (Fsp3) is 0.579. The summed E-state index contributed by atoms with van der Waals surface area (Å²) in [6.07, 6.45) is -0.530. The normalized spacial score (nSPS) is 18.7. The maximum absolute atomic E-state index is 12.1. The highest BCUT2D eigenvalue weighted by Gasteiger charge is 2.51. The minimum absolute atomic E-state index is 0.400. The SMILES string of the molecule is Cn1nc(NC(=O)OC(C)(C)C)c2ccc(B3OC(C)(C)C(C)(C)O3)cc21. The van der Waals surface area contributed by atoms with E-state index in [-0.39, 0.29) is 0 Å². The lowest BCUT2D eigenvalue weighted by Crippen LogP contribution is -2.41. The topological polar surface area (TPSA) is 74.6 Å². The average Bonchev–Trinajstić information content (AvgIpc) is 2.90. The van der Waals surface area contributed by atoms with E-state index in [4.69, 9.17) is 14.0 Å². The predicted molar refractivity (Wildman–Crippen MR) is 106 cm³/mol. The number of ether oxygens (including phenoxy) is 1. The van der Waals surface area contributed by atoms with Gasteiger partial charge in [0.05, 0.1) is 16.7 Å². The number of aryl methyl sites for hydroxylation is 1. The number of nitrogens with one attached hydrogen (secondary N) is 1. The third-order valence-electron chi connectivity index (χ3n) is 5.02. The van der Waals surface area contributed by atoms with E-state index in [0.29, 0.717) is 5.82 Å². The lowest BCUT2D eigenvalue weighted by atomic mass is 9.79. The van der Waals surface area contributed by atoms with E-state index in [0.717, 1.165) is 16.4 Å². The standard InChI is InChI=1S/C19H28BN3O4/c1-17(2,3)25-16(24)21-15-13-10-9-12(11-14(13)23(8)22-15)20-26-18(4,5)19(6,7)27-20/h9-11H,1-8H3,(H,21,22,24). The van der Waals surface area contributed by atoms with Crippen LogP contribution < -0.4 is 10.8 Å². The van der Waals surface area contributed by atoms with Gasteiger partial charge in [0.25, 0.3) is 0 Å². The van der Waals surface area contributed by atoms with Gasteiger partial charge in [-0.15, -0.1) is 0 Å². The number of hydrogen-bond acceptors (Lipinski definition) is 5. The number of anilines is 1. The van der Waals surface area contributed by atoms with E-state index in [2.05, 4.69) is 10.4 Å². The van der Waals surface area contributed by atoms with Gasteiger partial charge in [0.1, 0.15) is 5.60 Å². The molecule has 27 heavy (non-hydrogen) atoms. The van der Waals surface area contributed by atoms with Gasteiger partial charge in [0, 0.05) is 12.4 Å². The number of nitrogens with zero attached hydrogens (tertiary/aromatic N) is 2. The molecule has 2 aromatic rings. The number of rotatable bonds is 2. The maximum atomic E-state index is 12.1. The van der Waals surface area contributed by atoms with Crippen molar-refractivity contribution in [3.8, 4) is 0 Å². The minimum Gasteiger partial charge on any atom is -0.444 e. The summed E-state index contributed by atoms with van der Waals surface area (Å²) >= 11 is 0. The van der Waals surface area contributed by atoms with Gasteiger partial charge in [-0.3, -0.25) is 10.00 Å². The lowest BCUT2D eigenvalue weighted by molar-refractivity contribution is 0.00578. The summed E-state index contributed by atoms with van der Waals surface area (Å²) < 4.78 is 19.3. The number of carbonyl (C=O) groups is 1. The van der Waals surface area contributed by atoms with Gasteiger partial charge >= 0.3 is 13.2 Å². The molecule has 1 aliphatic heterocycles. The highest BCUT2D eigenvalue weighted by Crippen LogP contribution is 2.36. The second kappa shape index (κ2) is 6.24. The van der Waals surface area contributed by atoms with Crippen molar-refractivity contribution in [2.24, 2.45) is 7.05 Å². The molecular weight excluding hydrogens is 345 g/mol. The van der Waals surface area contributed by atoms with Gasteiger partial charge in [-0.2, -0.15) is 5.10 Å². The average molecular weight is 373 g/mol. The van der Waals surface area contributed by atoms with Crippen molar-refractivity contribution in [3.05, 3.63) is 18.2 Å². The van der Waals surface area contributed by atoms with Crippen LogP contribution in [0.1, 0.15) is 48.5 Å². The Labute approximate surface area is 160 Å². The van der Waals surface area contributed by atoms with Crippen molar-refractivity contribution < 1.29 is 18.8 Å². The van der Waals surface area contributed by atoms with Crippen LogP contribution in [-0.2, 0) is 21.1 Å². The molecule has 0 aliphatic carbocycles. The molecule has 0 saturated carbocycles. The smallest absolute Gasteiger partial charge is 0.444 e. The number of carbonyl (C=O) groups excluding carboxylic acids is 1. The van der Waals surface area contributed by atoms with Crippen molar-refractivity contribution in [2.45, 2.75) is 65.3 Å². The number of amides is 1. The summed E-state index contributed by atoms with van der Waals surface area (Å²) in [4.78, 5) is 12.1. The zero-order chi connectivity index (χ0) is 20.2. The first-order chi connectivity index (χ1) is 12.3. The van der Waals surface area contributed by atoms with Crippen LogP contribution in [0.3, 0.4) is 0 Å². The third kappa shape index (κ3) is 3.82. The van der Waals surface area contributed by atoms with E-state index >= 15 is 0 Å². The van der Waals surface area contributed by atoms with Crippen LogP contribution in [0.2, 0.25) is 0 Å². The number of aromatic nitrogens is 2. The zero-order valence-electron chi connectivity index (χ0n) is 17.3. The van der Waals surface area contributed by atoms with Crippen molar-refractivity contribution in [3.63, 3.8) is 0 Å². The monoisotopic (exact) mass is 373 g/mol. The first-order valence-electron chi connectivity index (χ1n) is 9.11. The molecule has 1 N–H and O–H groups in total. The first kappa shape index (κ1) is 19.7. The van der Waals surface area contributed by atoms with E-state index in [1.165, 1.54) is 0 Å². The van der Waals surface area contributed by atoms with E-state index in [1.807, 2.05) is 73.7 Å². The van der Waals surface area contributed by atoms with Crippen LogP contribution in [0, 0.1) is 0 Å². The molecule has 0 atom stereocenters. The van der Waals surface area contributed by atoms with Gasteiger partial charge in [-0.25, -0.2) is 4.79 Å². The van der Waals surface area contributed by atoms with Crippen LogP contribution in [0.15, 0.2) is 18.2 Å². The number of fused-ring (bicyclic) bond motifs is 1. The van der Waals surface area contributed by atoms with Crippen LogP contribution in [0.4, 0.5) is 10.6 Å². The van der Waals surface area contributed by atoms with Crippen molar-refractivity contribution in [1.82, 2.24) is 9.78 Å². The molecule has 1 amide bonds. The molecule has 3 rings (SSSR count). The number of hydrogen-bond donors (Lipinski definition) is 1. The Hall–Kier alpha value is -2.06. The summed E-state index contributed by atoms with van der Waals surface area (Å²) in [6.45, 7) is 13.6. The summed E-state index contributed by atoms with van der Waals surface area (Å²) in [5.74, 6) is 0.460. The Morgan fingerprint density at radius 3 is 2.33 bits per heavy atom. The molecular formula is C19H28BN3O4. The molecule has 0 spiro atoms. The fourth-order valence-electron chi connectivity index (χ4n) is 2.89. The molecule has 0 unspecified atom stereocenters. The second-order valence-electron chi connectivity index (χ2n) is 8.96. The maximum Gasteiger partial charge on any atom is 0.494 e. The molecule has 2 heterocycles. The van der Waals surface area contributed by atoms with Crippen molar-refractivity contribution in [2.75, 3.05) is 5.32 Å². The Balaban J connectivity index is 1.88. The van der Waals surface area contributed by atoms with Crippen LogP contribution in [0.25, 0.3) is 10.9 Å². The van der Waals surface area contributed by atoms with E-state index in [1.54, 1.807) is 4.68 Å². The lowest BCUT2D eigenvalue weighted by Gasteiger charge is -2.32. The Kier molecular flexibility index (Phi) is 4.55. The molecule has 8 heteroatoms. The van der Waals surface area contributed by atoms with Gasteiger partial charge < -0.3 is 14.0 Å².